The van der Waals surface area contributed by atoms with Crippen molar-refractivity contribution >= 4 is 16.9 Å². The maximum Gasteiger partial charge on any atom is 0.128 e. The van der Waals surface area contributed by atoms with Crippen LogP contribution in [0.3, 0.4) is 0 Å². The van der Waals surface area contributed by atoms with Gasteiger partial charge < -0.3 is 15.2 Å². The molecule has 6 heteroatoms. The second kappa shape index (κ2) is 8.06. The number of nitrogens with zero attached hydrogens (tertiary/aromatic N) is 4. The highest BCUT2D eigenvalue weighted by atomic mass is 15.3. The fourth-order valence-electron chi connectivity index (χ4n) is 3.74. The van der Waals surface area contributed by atoms with Crippen molar-refractivity contribution in [3.63, 3.8) is 0 Å². The first-order valence-electron chi connectivity index (χ1n) is 9.74. The maximum atomic E-state index is 4.46. The molecule has 3 heterocycles. The lowest BCUT2D eigenvalue weighted by Crippen LogP contribution is -2.50. The van der Waals surface area contributed by atoms with E-state index < -0.39 is 0 Å². The average Bonchev–Trinajstić information content (AvgIpc) is 3.07. The van der Waals surface area contributed by atoms with Gasteiger partial charge in [0.1, 0.15) is 11.6 Å². The van der Waals surface area contributed by atoms with Gasteiger partial charge >= 0.3 is 0 Å². The Hall–Kier alpha value is -2.44. The zero-order valence-corrected chi connectivity index (χ0v) is 16.2. The monoisotopic (exact) mass is 364 g/mol. The summed E-state index contributed by atoms with van der Waals surface area (Å²) in [6.45, 7) is 10.5. The van der Waals surface area contributed by atoms with Crippen LogP contribution in [0.25, 0.3) is 11.0 Å². The van der Waals surface area contributed by atoms with Crippen LogP contribution in [0.5, 0.6) is 0 Å². The van der Waals surface area contributed by atoms with Crippen molar-refractivity contribution in [2.75, 3.05) is 37.6 Å². The third-order valence-corrected chi connectivity index (χ3v) is 5.20. The summed E-state index contributed by atoms with van der Waals surface area (Å²) >= 11 is 0. The molecule has 142 valence electrons. The maximum absolute atomic E-state index is 4.46. The van der Waals surface area contributed by atoms with Crippen molar-refractivity contribution < 1.29 is 0 Å². The van der Waals surface area contributed by atoms with Crippen LogP contribution in [0.15, 0.2) is 42.6 Å². The highest BCUT2D eigenvalue weighted by Crippen LogP contribution is 2.14. The fraction of sp³-hybridized carbons (Fsp3) is 0.429. The van der Waals surface area contributed by atoms with Crippen LogP contribution in [-0.2, 0) is 6.54 Å². The van der Waals surface area contributed by atoms with Gasteiger partial charge in [-0.15, -0.1) is 0 Å². The number of hydrogen-bond donors (Lipinski definition) is 2. The van der Waals surface area contributed by atoms with E-state index >= 15 is 0 Å². The van der Waals surface area contributed by atoms with Crippen molar-refractivity contribution in [2.24, 2.45) is 0 Å². The lowest BCUT2D eigenvalue weighted by molar-refractivity contribution is 0.233. The van der Waals surface area contributed by atoms with Crippen LogP contribution < -0.4 is 10.2 Å². The molecule has 3 aromatic rings. The number of fused-ring (bicyclic) bond motifs is 1. The number of imidazole rings is 1. The molecule has 2 N–H and O–H groups in total. The number of aromatic amines is 1. The topological polar surface area (TPSA) is 60.1 Å². The lowest BCUT2D eigenvalue weighted by Gasteiger charge is -2.36. The molecule has 0 aliphatic carbocycles. The molecule has 1 aromatic carbocycles. The predicted molar refractivity (Wildman–Crippen MR) is 110 cm³/mol. The first-order chi connectivity index (χ1) is 13.2. The largest absolute Gasteiger partial charge is 0.354 e. The minimum Gasteiger partial charge on any atom is -0.354 e. The van der Waals surface area contributed by atoms with Gasteiger partial charge in [0.15, 0.2) is 0 Å². The molecule has 0 spiro atoms. The normalized spacial score (nSPS) is 16.7. The van der Waals surface area contributed by atoms with Gasteiger partial charge in [-0.2, -0.15) is 0 Å². The molecule has 1 atom stereocenters. The quantitative estimate of drug-likeness (QED) is 0.704. The molecule has 4 rings (SSSR count). The molecule has 27 heavy (non-hydrogen) atoms. The molecule has 1 aliphatic heterocycles. The minimum absolute atomic E-state index is 0.450. The third kappa shape index (κ3) is 4.46. The van der Waals surface area contributed by atoms with E-state index in [0.717, 1.165) is 61.9 Å². The number of hydrogen-bond acceptors (Lipinski definition) is 5. The Morgan fingerprint density at radius 1 is 1.15 bits per heavy atom. The van der Waals surface area contributed by atoms with Gasteiger partial charge in [0.05, 0.1) is 11.0 Å². The highest BCUT2D eigenvalue weighted by molar-refractivity contribution is 5.75. The van der Waals surface area contributed by atoms with E-state index in [1.807, 2.05) is 19.2 Å². The third-order valence-electron chi connectivity index (χ3n) is 5.20. The summed E-state index contributed by atoms with van der Waals surface area (Å²) in [5.41, 5.74) is 3.44. The second-order valence-electron chi connectivity index (χ2n) is 7.43. The number of anilines is 1. The van der Waals surface area contributed by atoms with Crippen LogP contribution >= 0.6 is 0 Å². The SMILES string of the molecule is Cc1nc2ccc(CNC(C)CN3CCN(c4ccccn4)CC3)cc2[nH]1. The summed E-state index contributed by atoms with van der Waals surface area (Å²) in [5, 5.41) is 3.66. The molecule has 0 saturated carbocycles. The average molecular weight is 364 g/mol. The van der Waals surface area contributed by atoms with Crippen LogP contribution in [0, 0.1) is 6.92 Å². The van der Waals surface area contributed by atoms with Gasteiger partial charge in [-0.25, -0.2) is 9.97 Å². The van der Waals surface area contributed by atoms with Crippen LogP contribution in [0.4, 0.5) is 5.82 Å². The zero-order chi connectivity index (χ0) is 18.6. The Morgan fingerprint density at radius 3 is 2.78 bits per heavy atom. The Bertz CT molecular complexity index is 867. The number of H-pyrrole nitrogens is 1. The smallest absolute Gasteiger partial charge is 0.128 e. The second-order valence-corrected chi connectivity index (χ2v) is 7.43. The number of pyridine rings is 1. The molecule has 1 unspecified atom stereocenters. The van der Waals surface area contributed by atoms with Crippen molar-refractivity contribution in [2.45, 2.75) is 26.4 Å². The Labute approximate surface area is 160 Å². The Morgan fingerprint density at radius 2 is 2.00 bits per heavy atom. The fourth-order valence-corrected chi connectivity index (χ4v) is 3.74. The van der Waals surface area contributed by atoms with E-state index in [9.17, 15) is 0 Å². The van der Waals surface area contributed by atoms with Crippen LogP contribution in [0.1, 0.15) is 18.3 Å². The van der Waals surface area contributed by atoms with Gasteiger partial charge in [0.2, 0.25) is 0 Å². The van der Waals surface area contributed by atoms with Gasteiger partial charge in [-0.1, -0.05) is 12.1 Å². The number of benzene rings is 1. The van der Waals surface area contributed by atoms with Gasteiger partial charge in [0.25, 0.3) is 0 Å². The summed E-state index contributed by atoms with van der Waals surface area (Å²) in [7, 11) is 0. The van der Waals surface area contributed by atoms with Crippen LogP contribution in [0.2, 0.25) is 0 Å². The highest BCUT2D eigenvalue weighted by Gasteiger charge is 2.19. The first kappa shape index (κ1) is 17.9. The predicted octanol–water partition coefficient (Wildman–Crippen LogP) is 2.57. The molecule has 1 aliphatic rings. The van der Waals surface area contributed by atoms with Crippen LogP contribution in [-0.4, -0.2) is 58.6 Å². The molecule has 0 radical (unpaired) electrons. The summed E-state index contributed by atoms with van der Waals surface area (Å²) < 4.78 is 0. The summed E-state index contributed by atoms with van der Waals surface area (Å²) in [6.07, 6.45) is 1.87. The Kier molecular flexibility index (Phi) is 5.36. The number of nitrogens with one attached hydrogen (secondary N) is 2. The van der Waals surface area contributed by atoms with E-state index in [2.05, 4.69) is 67.3 Å². The van der Waals surface area contributed by atoms with Gasteiger partial charge in [0, 0.05) is 51.5 Å². The van der Waals surface area contributed by atoms with E-state index in [1.54, 1.807) is 0 Å². The van der Waals surface area contributed by atoms with Crippen molar-refractivity contribution in [3.05, 3.63) is 54.0 Å². The molecule has 0 amide bonds. The first-order valence-corrected chi connectivity index (χ1v) is 9.74. The molecule has 0 bridgehead atoms. The molecule has 2 aromatic heterocycles. The van der Waals surface area contributed by atoms with Crippen molar-refractivity contribution in [1.29, 1.82) is 0 Å². The number of rotatable bonds is 6. The summed E-state index contributed by atoms with van der Waals surface area (Å²) in [4.78, 5) is 17.2. The Balaban J connectivity index is 1.24. The summed E-state index contributed by atoms with van der Waals surface area (Å²) in [6, 6.07) is 13.0. The number of aromatic nitrogens is 3. The number of aryl methyl sites for hydroxylation is 1. The molecule has 1 fully saturated rings. The van der Waals surface area contributed by atoms with Gasteiger partial charge in [-0.05, 0) is 43.7 Å². The van der Waals surface area contributed by atoms with E-state index in [1.165, 1.54) is 5.56 Å². The van der Waals surface area contributed by atoms with Gasteiger partial charge in [-0.3, -0.25) is 4.90 Å². The molecule has 6 nitrogen and oxygen atoms in total. The van der Waals surface area contributed by atoms with Crippen molar-refractivity contribution in [3.8, 4) is 0 Å². The zero-order valence-electron chi connectivity index (χ0n) is 16.2. The lowest BCUT2D eigenvalue weighted by atomic mass is 10.2. The molecular formula is C21H28N6. The summed E-state index contributed by atoms with van der Waals surface area (Å²) in [5.74, 6) is 2.06. The standard InChI is InChI=1S/C21H28N6/c1-16(23-14-18-6-7-19-20(13-18)25-17(2)24-19)15-26-9-11-27(12-10-26)21-5-3-4-8-22-21/h3-8,13,16,23H,9-12,14-15H2,1-2H3,(H,24,25). The van der Waals surface area contributed by atoms with E-state index in [-0.39, 0.29) is 0 Å². The minimum atomic E-state index is 0.450. The number of piperazine rings is 1. The van der Waals surface area contributed by atoms with Crippen molar-refractivity contribution in [1.82, 2.24) is 25.2 Å². The van der Waals surface area contributed by atoms with E-state index in [0.29, 0.717) is 6.04 Å². The molecular weight excluding hydrogens is 336 g/mol. The molecule has 1 saturated heterocycles. The van der Waals surface area contributed by atoms with E-state index in [4.69, 9.17) is 0 Å².